The molecule has 9 nitrogen and oxygen atoms in total. The van der Waals surface area contributed by atoms with Crippen molar-refractivity contribution in [2.45, 2.75) is 0 Å². The molecule has 2 aromatic rings. The highest BCUT2D eigenvalue weighted by molar-refractivity contribution is 5.92. The first-order valence-electron chi connectivity index (χ1n) is 7.79. The molecule has 0 bridgehead atoms. The van der Waals surface area contributed by atoms with Gasteiger partial charge in [0.1, 0.15) is 11.5 Å². The van der Waals surface area contributed by atoms with E-state index in [1.165, 1.54) is 33.7 Å². The molecule has 0 aliphatic heterocycles. The fraction of sp³-hybridized carbons (Fsp3) is 0.353. The lowest BCUT2D eigenvalue weighted by Crippen LogP contribution is -2.27. The van der Waals surface area contributed by atoms with Crippen molar-refractivity contribution in [1.82, 2.24) is 15.3 Å². The predicted molar refractivity (Wildman–Crippen MR) is 95.6 cm³/mol. The Balaban J connectivity index is 2.12. The van der Waals surface area contributed by atoms with Crippen molar-refractivity contribution in [1.29, 1.82) is 0 Å². The van der Waals surface area contributed by atoms with Gasteiger partial charge < -0.3 is 29.6 Å². The summed E-state index contributed by atoms with van der Waals surface area (Å²) in [6.07, 6.45) is 2.86. The summed E-state index contributed by atoms with van der Waals surface area (Å²) in [5.74, 6) is 1.67. The van der Waals surface area contributed by atoms with Crippen molar-refractivity contribution in [2.75, 3.05) is 46.9 Å². The maximum Gasteiger partial charge on any atom is 0.271 e. The highest BCUT2D eigenvalue weighted by Gasteiger charge is 2.14. The number of carbonyl (C=O) groups excluding carboxylic acids is 1. The largest absolute Gasteiger partial charge is 0.493 e. The van der Waals surface area contributed by atoms with Crippen molar-refractivity contribution in [3.05, 3.63) is 30.2 Å². The summed E-state index contributed by atoms with van der Waals surface area (Å²) in [5, 5.41) is 5.76. The molecule has 0 saturated heterocycles. The van der Waals surface area contributed by atoms with Crippen LogP contribution in [0.2, 0.25) is 0 Å². The average molecular weight is 362 g/mol. The molecule has 1 aromatic carbocycles. The summed E-state index contributed by atoms with van der Waals surface area (Å²) in [6.45, 7) is 0.836. The van der Waals surface area contributed by atoms with E-state index in [1.807, 2.05) is 0 Å². The monoisotopic (exact) mass is 362 g/mol. The lowest BCUT2D eigenvalue weighted by molar-refractivity contribution is 0.0932. The third kappa shape index (κ3) is 4.73. The first-order valence-corrected chi connectivity index (χ1v) is 7.79. The molecule has 2 rings (SSSR count). The zero-order valence-corrected chi connectivity index (χ0v) is 15.2. The fourth-order valence-electron chi connectivity index (χ4n) is 2.17. The Morgan fingerprint density at radius 3 is 2.19 bits per heavy atom. The molecular formula is C17H22N4O5. The van der Waals surface area contributed by atoms with Crippen LogP contribution in [0.3, 0.4) is 0 Å². The van der Waals surface area contributed by atoms with Crippen LogP contribution in [0.25, 0.3) is 0 Å². The van der Waals surface area contributed by atoms with Crippen molar-refractivity contribution in [3.63, 3.8) is 0 Å². The molecule has 0 radical (unpaired) electrons. The topological polar surface area (TPSA) is 104 Å². The summed E-state index contributed by atoms with van der Waals surface area (Å²) in [7, 11) is 6.18. The normalized spacial score (nSPS) is 10.2. The Bertz CT molecular complexity index is 711. The molecule has 0 atom stereocenters. The van der Waals surface area contributed by atoms with Crippen LogP contribution in [0.5, 0.6) is 17.2 Å². The van der Waals surface area contributed by atoms with Gasteiger partial charge in [-0.15, -0.1) is 0 Å². The molecule has 0 aliphatic carbocycles. The maximum atomic E-state index is 11.9. The number of anilines is 2. The number of hydrogen-bond acceptors (Lipinski definition) is 8. The van der Waals surface area contributed by atoms with Gasteiger partial charge in [0.05, 0.1) is 40.3 Å². The van der Waals surface area contributed by atoms with Crippen LogP contribution in [0, 0.1) is 0 Å². The van der Waals surface area contributed by atoms with E-state index in [4.69, 9.17) is 18.9 Å². The summed E-state index contributed by atoms with van der Waals surface area (Å²) in [6, 6.07) is 3.49. The summed E-state index contributed by atoms with van der Waals surface area (Å²) in [5.41, 5.74) is 0.891. The van der Waals surface area contributed by atoms with Crippen LogP contribution < -0.4 is 24.8 Å². The van der Waals surface area contributed by atoms with Gasteiger partial charge in [-0.05, 0) is 0 Å². The van der Waals surface area contributed by atoms with E-state index in [-0.39, 0.29) is 11.6 Å². The van der Waals surface area contributed by atoms with Gasteiger partial charge in [0, 0.05) is 31.5 Å². The quantitative estimate of drug-likeness (QED) is 0.649. The Morgan fingerprint density at radius 1 is 1.00 bits per heavy atom. The van der Waals surface area contributed by atoms with Gasteiger partial charge in [-0.25, -0.2) is 9.97 Å². The minimum Gasteiger partial charge on any atom is -0.493 e. The number of nitrogens with zero attached hydrogens (tertiary/aromatic N) is 2. The standard InChI is InChI=1S/C17H22N4O5/c1-23-6-5-18-17(22)12-9-20-15(10-19-12)21-11-7-13(24-2)16(26-4)14(8-11)25-3/h7-10H,5-6H2,1-4H3,(H,18,22)(H,20,21). The smallest absolute Gasteiger partial charge is 0.271 e. The van der Waals surface area contributed by atoms with Crippen LogP contribution >= 0.6 is 0 Å². The van der Waals surface area contributed by atoms with E-state index in [1.54, 1.807) is 19.2 Å². The van der Waals surface area contributed by atoms with Crippen LogP contribution in [0.1, 0.15) is 10.5 Å². The Labute approximate surface area is 151 Å². The second-order valence-electron chi connectivity index (χ2n) is 5.07. The van der Waals surface area contributed by atoms with E-state index in [2.05, 4.69) is 20.6 Å². The molecule has 9 heteroatoms. The molecule has 0 spiro atoms. The van der Waals surface area contributed by atoms with Gasteiger partial charge in [0.25, 0.3) is 5.91 Å². The van der Waals surface area contributed by atoms with E-state index in [0.29, 0.717) is 41.9 Å². The zero-order chi connectivity index (χ0) is 18.9. The number of carbonyl (C=O) groups is 1. The lowest BCUT2D eigenvalue weighted by atomic mass is 10.2. The number of hydrogen-bond donors (Lipinski definition) is 2. The van der Waals surface area contributed by atoms with E-state index >= 15 is 0 Å². The molecule has 0 unspecified atom stereocenters. The minimum absolute atomic E-state index is 0.219. The number of benzene rings is 1. The third-order valence-corrected chi connectivity index (χ3v) is 3.41. The van der Waals surface area contributed by atoms with Crippen molar-refractivity contribution >= 4 is 17.4 Å². The van der Waals surface area contributed by atoms with Gasteiger partial charge >= 0.3 is 0 Å². The average Bonchev–Trinajstić information content (AvgIpc) is 2.67. The van der Waals surface area contributed by atoms with Gasteiger partial charge in [0.2, 0.25) is 5.75 Å². The van der Waals surface area contributed by atoms with Gasteiger partial charge in [0.15, 0.2) is 11.5 Å². The molecule has 2 N–H and O–H groups in total. The van der Waals surface area contributed by atoms with Gasteiger partial charge in [-0.3, -0.25) is 4.79 Å². The van der Waals surface area contributed by atoms with E-state index in [9.17, 15) is 4.79 Å². The highest BCUT2D eigenvalue weighted by atomic mass is 16.5. The fourth-order valence-corrected chi connectivity index (χ4v) is 2.17. The van der Waals surface area contributed by atoms with Gasteiger partial charge in [-0.1, -0.05) is 0 Å². The molecule has 0 aliphatic rings. The number of nitrogens with one attached hydrogen (secondary N) is 2. The number of amides is 1. The summed E-state index contributed by atoms with van der Waals surface area (Å²) >= 11 is 0. The lowest BCUT2D eigenvalue weighted by Gasteiger charge is -2.14. The van der Waals surface area contributed by atoms with Crippen LogP contribution in [0.15, 0.2) is 24.5 Å². The molecule has 1 aromatic heterocycles. The highest BCUT2D eigenvalue weighted by Crippen LogP contribution is 2.40. The minimum atomic E-state index is -0.311. The summed E-state index contributed by atoms with van der Waals surface area (Å²) in [4.78, 5) is 20.2. The van der Waals surface area contributed by atoms with Crippen molar-refractivity contribution < 1.29 is 23.7 Å². The van der Waals surface area contributed by atoms with Crippen molar-refractivity contribution in [2.24, 2.45) is 0 Å². The number of methoxy groups -OCH3 is 4. The molecule has 0 saturated carbocycles. The number of aromatic nitrogens is 2. The summed E-state index contributed by atoms with van der Waals surface area (Å²) < 4.78 is 20.8. The number of rotatable bonds is 9. The molecule has 0 fully saturated rings. The van der Waals surface area contributed by atoms with Gasteiger partial charge in [-0.2, -0.15) is 0 Å². The SMILES string of the molecule is COCCNC(=O)c1cnc(Nc2cc(OC)c(OC)c(OC)c2)cn1. The molecular weight excluding hydrogens is 340 g/mol. The molecule has 1 amide bonds. The molecule has 26 heavy (non-hydrogen) atoms. The molecule has 1 heterocycles. The Hall–Kier alpha value is -3.07. The second kappa shape index (κ2) is 9.42. The predicted octanol–water partition coefficient (Wildman–Crippen LogP) is 1.62. The van der Waals surface area contributed by atoms with Crippen LogP contribution in [-0.4, -0.2) is 57.5 Å². The van der Waals surface area contributed by atoms with Crippen LogP contribution in [-0.2, 0) is 4.74 Å². The maximum absolute atomic E-state index is 11.9. The van der Waals surface area contributed by atoms with Crippen molar-refractivity contribution in [3.8, 4) is 17.2 Å². The van der Waals surface area contributed by atoms with E-state index in [0.717, 1.165) is 0 Å². The Morgan fingerprint density at radius 2 is 1.69 bits per heavy atom. The van der Waals surface area contributed by atoms with E-state index < -0.39 is 0 Å². The second-order valence-corrected chi connectivity index (χ2v) is 5.07. The zero-order valence-electron chi connectivity index (χ0n) is 15.2. The molecule has 140 valence electrons. The van der Waals surface area contributed by atoms with Crippen LogP contribution in [0.4, 0.5) is 11.5 Å². The first-order chi connectivity index (χ1) is 12.6. The third-order valence-electron chi connectivity index (χ3n) is 3.41. The first kappa shape index (κ1) is 19.3. The Kier molecular flexibility index (Phi) is 6.98. The number of ether oxygens (including phenoxy) is 4.